The van der Waals surface area contributed by atoms with E-state index in [0.29, 0.717) is 13.0 Å². The van der Waals surface area contributed by atoms with Gasteiger partial charge >= 0.3 is 5.69 Å². The lowest BCUT2D eigenvalue weighted by Crippen LogP contribution is -2.40. The van der Waals surface area contributed by atoms with Crippen LogP contribution in [0.15, 0.2) is 9.59 Å². The van der Waals surface area contributed by atoms with E-state index in [9.17, 15) is 9.59 Å². The summed E-state index contributed by atoms with van der Waals surface area (Å²) < 4.78 is 2.19. The van der Waals surface area contributed by atoms with Crippen LogP contribution >= 0.6 is 0 Å². The Balaban J connectivity index is 2.35. The Bertz CT molecular complexity index is 677. The molecule has 0 saturated heterocycles. The lowest BCUT2D eigenvalue weighted by Gasteiger charge is -2.18. The third-order valence-corrected chi connectivity index (χ3v) is 4.01. The van der Waals surface area contributed by atoms with Gasteiger partial charge in [0.05, 0.1) is 0 Å². The van der Waals surface area contributed by atoms with Crippen LogP contribution in [-0.4, -0.2) is 27.4 Å². The van der Waals surface area contributed by atoms with Crippen LogP contribution in [0.4, 0.5) is 5.82 Å². The van der Waals surface area contributed by atoms with Crippen LogP contribution in [-0.2, 0) is 14.1 Å². The lowest BCUT2D eigenvalue weighted by molar-refractivity contribution is 0.253. The smallest absolute Gasteiger partial charge is 0.332 e. The van der Waals surface area contributed by atoms with Crippen molar-refractivity contribution in [3.05, 3.63) is 26.4 Å². The summed E-state index contributed by atoms with van der Waals surface area (Å²) in [5, 5.41) is 21.2. The standard InChI is InChI=1S/C13H18N4O3/c1-16-10(15-8-13(3-4-13)5-6-18)9(7-14)11(19)17(2)12(16)20/h15,18H,3-6,8H2,1-2H3. The number of hydrogen-bond acceptors (Lipinski definition) is 5. The Labute approximate surface area is 116 Å². The maximum absolute atomic E-state index is 11.9. The SMILES string of the molecule is Cn1c(NCC2(CCO)CC2)c(C#N)c(=O)n(C)c1=O. The molecule has 1 fully saturated rings. The molecule has 2 rings (SSSR count). The molecule has 1 aliphatic rings. The number of nitrogens with zero attached hydrogens (tertiary/aromatic N) is 3. The van der Waals surface area contributed by atoms with Gasteiger partial charge in [-0.3, -0.25) is 13.9 Å². The number of aliphatic hydroxyl groups is 1. The van der Waals surface area contributed by atoms with Gasteiger partial charge < -0.3 is 10.4 Å². The van der Waals surface area contributed by atoms with Crippen molar-refractivity contribution in [2.24, 2.45) is 19.5 Å². The predicted octanol–water partition coefficient (Wildman–Crippen LogP) is -0.470. The van der Waals surface area contributed by atoms with Gasteiger partial charge in [0.2, 0.25) is 0 Å². The molecule has 1 saturated carbocycles. The zero-order chi connectivity index (χ0) is 14.9. The summed E-state index contributed by atoms with van der Waals surface area (Å²) in [4.78, 5) is 23.8. The number of nitriles is 1. The fourth-order valence-corrected chi connectivity index (χ4v) is 2.35. The monoisotopic (exact) mass is 278 g/mol. The van der Waals surface area contributed by atoms with Gasteiger partial charge in [-0.25, -0.2) is 4.79 Å². The largest absolute Gasteiger partial charge is 0.396 e. The van der Waals surface area contributed by atoms with Crippen molar-refractivity contribution in [1.29, 1.82) is 5.26 Å². The molecule has 1 aromatic rings. The van der Waals surface area contributed by atoms with E-state index < -0.39 is 11.2 Å². The average Bonchev–Trinajstić information content (AvgIpc) is 3.19. The van der Waals surface area contributed by atoms with Crippen LogP contribution < -0.4 is 16.6 Å². The van der Waals surface area contributed by atoms with Gasteiger partial charge in [0.15, 0.2) is 5.56 Å². The number of rotatable bonds is 5. The summed E-state index contributed by atoms with van der Waals surface area (Å²) in [7, 11) is 2.87. The van der Waals surface area contributed by atoms with Crippen LogP contribution in [0.2, 0.25) is 0 Å². The predicted molar refractivity (Wildman–Crippen MR) is 73.5 cm³/mol. The molecular formula is C13H18N4O3. The lowest BCUT2D eigenvalue weighted by atomic mass is 10.0. The van der Waals surface area contributed by atoms with E-state index in [1.807, 2.05) is 6.07 Å². The molecule has 7 heteroatoms. The fourth-order valence-electron chi connectivity index (χ4n) is 2.35. The topological polar surface area (TPSA) is 100 Å². The zero-order valence-corrected chi connectivity index (χ0v) is 11.6. The number of nitrogens with one attached hydrogen (secondary N) is 1. The minimum absolute atomic E-state index is 0.0264. The summed E-state index contributed by atoms with van der Waals surface area (Å²) in [5.41, 5.74) is -1.10. The van der Waals surface area contributed by atoms with Crippen molar-refractivity contribution >= 4 is 5.82 Å². The van der Waals surface area contributed by atoms with Gasteiger partial charge in [0, 0.05) is 27.2 Å². The summed E-state index contributed by atoms with van der Waals surface area (Å²) in [6.45, 7) is 0.658. The Morgan fingerprint density at radius 2 is 2.00 bits per heavy atom. The molecule has 1 aromatic heterocycles. The van der Waals surface area contributed by atoms with E-state index in [4.69, 9.17) is 10.4 Å². The van der Waals surface area contributed by atoms with Gasteiger partial charge in [-0.2, -0.15) is 5.26 Å². The molecule has 0 radical (unpaired) electrons. The number of aliphatic hydroxyl groups excluding tert-OH is 1. The summed E-state index contributed by atoms with van der Waals surface area (Å²) >= 11 is 0. The molecule has 0 atom stereocenters. The molecule has 1 aliphatic carbocycles. The highest BCUT2D eigenvalue weighted by molar-refractivity contribution is 5.51. The van der Waals surface area contributed by atoms with Gasteiger partial charge in [-0.15, -0.1) is 0 Å². The van der Waals surface area contributed by atoms with Gasteiger partial charge in [-0.05, 0) is 24.7 Å². The normalized spacial score (nSPS) is 15.7. The van der Waals surface area contributed by atoms with Crippen LogP contribution in [0.1, 0.15) is 24.8 Å². The summed E-state index contributed by atoms with van der Waals surface area (Å²) in [5.74, 6) is 0.254. The molecule has 108 valence electrons. The van der Waals surface area contributed by atoms with E-state index in [1.54, 1.807) is 0 Å². The molecule has 0 aliphatic heterocycles. The van der Waals surface area contributed by atoms with Crippen molar-refractivity contribution in [3.63, 3.8) is 0 Å². The maximum Gasteiger partial charge on any atom is 0.332 e. The van der Waals surface area contributed by atoms with E-state index in [1.165, 1.54) is 18.7 Å². The quantitative estimate of drug-likeness (QED) is 0.758. The van der Waals surface area contributed by atoms with Crippen LogP contribution in [0.5, 0.6) is 0 Å². The highest BCUT2D eigenvalue weighted by Crippen LogP contribution is 2.48. The Hall–Kier alpha value is -2.07. The van der Waals surface area contributed by atoms with Gasteiger partial charge in [-0.1, -0.05) is 0 Å². The van der Waals surface area contributed by atoms with Gasteiger partial charge in [0.25, 0.3) is 5.56 Å². The van der Waals surface area contributed by atoms with Crippen LogP contribution in [0.3, 0.4) is 0 Å². The molecular weight excluding hydrogens is 260 g/mol. The minimum atomic E-state index is -0.592. The first-order valence-electron chi connectivity index (χ1n) is 6.50. The molecule has 20 heavy (non-hydrogen) atoms. The molecule has 0 bridgehead atoms. The van der Waals surface area contributed by atoms with Crippen molar-refractivity contribution in [3.8, 4) is 6.07 Å². The van der Waals surface area contributed by atoms with Crippen molar-refractivity contribution in [1.82, 2.24) is 9.13 Å². The van der Waals surface area contributed by atoms with Gasteiger partial charge in [0.1, 0.15) is 11.9 Å². The first kappa shape index (κ1) is 14.3. The molecule has 7 nitrogen and oxygen atoms in total. The van der Waals surface area contributed by atoms with Crippen LogP contribution in [0.25, 0.3) is 0 Å². The second-order valence-electron chi connectivity index (χ2n) is 5.37. The number of hydrogen-bond donors (Lipinski definition) is 2. The zero-order valence-electron chi connectivity index (χ0n) is 11.6. The molecule has 0 aromatic carbocycles. The Kier molecular flexibility index (Phi) is 3.68. The summed E-state index contributed by atoms with van der Waals surface area (Å²) in [6, 6.07) is 1.86. The molecule has 1 heterocycles. The van der Waals surface area contributed by atoms with E-state index in [0.717, 1.165) is 17.4 Å². The van der Waals surface area contributed by atoms with E-state index in [-0.39, 0.29) is 23.4 Å². The highest BCUT2D eigenvalue weighted by atomic mass is 16.3. The molecule has 0 unspecified atom stereocenters. The highest BCUT2D eigenvalue weighted by Gasteiger charge is 2.41. The first-order valence-corrected chi connectivity index (χ1v) is 6.50. The van der Waals surface area contributed by atoms with Crippen LogP contribution in [0, 0.1) is 16.7 Å². The summed E-state index contributed by atoms with van der Waals surface area (Å²) in [6.07, 6.45) is 2.68. The average molecular weight is 278 g/mol. The Morgan fingerprint density at radius 1 is 1.35 bits per heavy atom. The third-order valence-electron chi connectivity index (χ3n) is 4.01. The van der Waals surface area contributed by atoms with E-state index >= 15 is 0 Å². The first-order chi connectivity index (χ1) is 9.45. The minimum Gasteiger partial charge on any atom is -0.396 e. The second-order valence-corrected chi connectivity index (χ2v) is 5.37. The molecule has 0 spiro atoms. The molecule has 2 N–H and O–H groups in total. The fraction of sp³-hybridized carbons (Fsp3) is 0.615. The number of aromatic nitrogens is 2. The van der Waals surface area contributed by atoms with Crippen molar-refractivity contribution in [2.75, 3.05) is 18.5 Å². The second kappa shape index (κ2) is 5.13. The van der Waals surface area contributed by atoms with E-state index in [2.05, 4.69) is 5.32 Å². The van der Waals surface area contributed by atoms with Crippen molar-refractivity contribution < 1.29 is 5.11 Å². The maximum atomic E-state index is 11.9. The molecule has 0 amide bonds. The Morgan fingerprint density at radius 3 is 2.50 bits per heavy atom. The third kappa shape index (κ3) is 2.34. The van der Waals surface area contributed by atoms with Crippen molar-refractivity contribution in [2.45, 2.75) is 19.3 Å². The number of anilines is 1.